The fourth-order valence-electron chi connectivity index (χ4n) is 2.36. The van der Waals surface area contributed by atoms with E-state index in [1.54, 1.807) is 36.4 Å². The van der Waals surface area contributed by atoms with E-state index >= 15 is 0 Å². The molecule has 3 rings (SSSR count). The molecule has 2 aromatic carbocycles. The average molecular weight is 457 g/mol. The van der Waals surface area contributed by atoms with Gasteiger partial charge < -0.3 is 5.32 Å². The highest BCUT2D eigenvalue weighted by molar-refractivity contribution is 9.10. The molecule has 118 valence electrons. The van der Waals surface area contributed by atoms with E-state index < -0.39 is 15.7 Å². The lowest BCUT2D eigenvalue weighted by atomic mass is 10.1. The van der Waals surface area contributed by atoms with Crippen LogP contribution in [0.5, 0.6) is 0 Å². The number of fused-ring (bicyclic) bond motifs is 1. The van der Waals surface area contributed by atoms with Crippen LogP contribution in [0.25, 0.3) is 5.57 Å². The molecule has 0 aliphatic carbocycles. The number of carbonyl (C=O) groups excluding carboxylic acids is 1. The molecule has 0 fully saturated rings. The van der Waals surface area contributed by atoms with Crippen LogP contribution in [0.2, 0.25) is 0 Å². The molecule has 0 spiro atoms. The lowest BCUT2D eigenvalue weighted by Crippen LogP contribution is -2.07. The van der Waals surface area contributed by atoms with E-state index in [1.807, 2.05) is 6.07 Å². The molecule has 1 amide bonds. The molecular weight excluding hydrogens is 446 g/mol. The van der Waals surface area contributed by atoms with E-state index in [-0.39, 0.29) is 11.3 Å². The summed E-state index contributed by atoms with van der Waals surface area (Å²) in [5, 5.41) is 3.73. The summed E-state index contributed by atoms with van der Waals surface area (Å²) in [6.45, 7) is 0. The van der Waals surface area contributed by atoms with Gasteiger partial charge in [0.15, 0.2) is 9.84 Å². The van der Waals surface area contributed by atoms with Gasteiger partial charge in [0, 0.05) is 25.6 Å². The fraction of sp³-hybridized carbons (Fsp3) is 0.0625. The number of sulfone groups is 1. The third-order valence-electron chi connectivity index (χ3n) is 3.32. The van der Waals surface area contributed by atoms with Crippen LogP contribution in [-0.4, -0.2) is 14.3 Å². The lowest BCUT2D eigenvalue weighted by molar-refractivity contribution is -0.110. The number of amides is 1. The monoisotopic (exact) mass is 455 g/mol. The second-order valence-electron chi connectivity index (χ2n) is 5.11. The van der Waals surface area contributed by atoms with Crippen LogP contribution in [0.15, 0.2) is 56.8 Å². The standard InChI is InChI=1S/C16H11Br2NO3S/c17-11-3-1-2-10(6-11)8-23(21,22)9-14-13-7-12(18)4-5-15(13)19-16(14)20/h1-7,9H,8H2,(H,19,20). The number of carbonyl (C=O) groups is 1. The first-order chi connectivity index (χ1) is 10.8. The summed E-state index contributed by atoms with van der Waals surface area (Å²) in [6, 6.07) is 12.3. The molecule has 7 heteroatoms. The number of hydrogen-bond donors (Lipinski definition) is 1. The highest BCUT2D eigenvalue weighted by Gasteiger charge is 2.26. The van der Waals surface area contributed by atoms with E-state index in [4.69, 9.17) is 0 Å². The largest absolute Gasteiger partial charge is 0.321 e. The third kappa shape index (κ3) is 3.73. The molecule has 0 atom stereocenters. The number of halogens is 2. The minimum Gasteiger partial charge on any atom is -0.321 e. The third-order valence-corrected chi connectivity index (χ3v) is 5.64. The van der Waals surface area contributed by atoms with Crippen LogP contribution in [0.3, 0.4) is 0 Å². The van der Waals surface area contributed by atoms with Crippen molar-refractivity contribution < 1.29 is 13.2 Å². The van der Waals surface area contributed by atoms with E-state index in [0.717, 1.165) is 14.4 Å². The van der Waals surface area contributed by atoms with Gasteiger partial charge in [-0.3, -0.25) is 4.79 Å². The zero-order chi connectivity index (χ0) is 16.6. The van der Waals surface area contributed by atoms with Crippen LogP contribution in [0.1, 0.15) is 11.1 Å². The van der Waals surface area contributed by atoms with Gasteiger partial charge in [-0.1, -0.05) is 44.0 Å². The quantitative estimate of drug-likeness (QED) is 0.706. The number of benzene rings is 2. The Balaban J connectivity index is 1.98. The van der Waals surface area contributed by atoms with Crippen LogP contribution in [-0.2, 0) is 20.4 Å². The second-order valence-corrected chi connectivity index (χ2v) is 8.79. The minimum atomic E-state index is -3.58. The summed E-state index contributed by atoms with van der Waals surface area (Å²) < 4.78 is 26.4. The Hall–Kier alpha value is -1.44. The van der Waals surface area contributed by atoms with Gasteiger partial charge in [-0.15, -0.1) is 0 Å². The molecule has 0 bridgehead atoms. The molecule has 0 aromatic heterocycles. The molecule has 0 radical (unpaired) electrons. The van der Waals surface area contributed by atoms with Gasteiger partial charge in [-0.05, 0) is 35.9 Å². The topological polar surface area (TPSA) is 63.2 Å². The fourth-order valence-corrected chi connectivity index (χ4v) is 4.49. The van der Waals surface area contributed by atoms with Gasteiger partial charge in [-0.25, -0.2) is 8.42 Å². The van der Waals surface area contributed by atoms with Crippen LogP contribution < -0.4 is 5.32 Å². The maximum atomic E-state index is 12.4. The lowest BCUT2D eigenvalue weighted by Gasteiger charge is -2.03. The normalized spacial score (nSPS) is 15.6. The van der Waals surface area contributed by atoms with Crippen LogP contribution in [0, 0.1) is 0 Å². The van der Waals surface area contributed by atoms with Gasteiger partial charge in [0.05, 0.1) is 11.3 Å². The van der Waals surface area contributed by atoms with E-state index in [0.29, 0.717) is 16.8 Å². The molecular formula is C16H11Br2NO3S. The Morgan fingerprint density at radius 1 is 1.04 bits per heavy atom. The Bertz CT molecular complexity index is 936. The smallest absolute Gasteiger partial charge is 0.257 e. The molecule has 1 aliphatic rings. The Labute approximate surface area is 150 Å². The van der Waals surface area contributed by atoms with Crippen molar-refractivity contribution >= 4 is 58.9 Å². The molecule has 0 unspecified atom stereocenters. The summed E-state index contributed by atoms with van der Waals surface area (Å²) in [6.07, 6.45) is 0. The maximum Gasteiger partial charge on any atom is 0.257 e. The van der Waals surface area contributed by atoms with Crippen LogP contribution in [0.4, 0.5) is 5.69 Å². The van der Waals surface area contributed by atoms with Gasteiger partial charge in [0.2, 0.25) is 0 Å². The van der Waals surface area contributed by atoms with Crippen molar-refractivity contribution in [2.45, 2.75) is 5.75 Å². The molecule has 0 saturated carbocycles. The van der Waals surface area contributed by atoms with Gasteiger partial charge >= 0.3 is 0 Å². The molecule has 4 nitrogen and oxygen atoms in total. The summed E-state index contributed by atoms with van der Waals surface area (Å²) in [5.41, 5.74) is 2.02. The highest BCUT2D eigenvalue weighted by Crippen LogP contribution is 2.34. The van der Waals surface area contributed by atoms with Crippen molar-refractivity contribution in [2.75, 3.05) is 5.32 Å². The van der Waals surface area contributed by atoms with Crippen molar-refractivity contribution in [1.82, 2.24) is 0 Å². The summed E-state index contributed by atoms with van der Waals surface area (Å²) in [4.78, 5) is 12.1. The first kappa shape index (κ1) is 16.4. The van der Waals surface area contributed by atoms with Crippen molar-refractivity contribution in [2.24, 2.45) is 0 Å². The number of nitrogens with one attached hydrogen (secondary N) is 1. The Kier molecular flexibility index (Phi) is 4.44. The zero-order valence-corrected chi connectivity index (χ0v) is 15.7. The molecule has 1 N–H and O–H groups in total. The van der Waals surface area contributed by atoms with Crippen molar-refractivity contribution in [3.8, 4) is 0 Å². The van der Waals surface area contributed by atoms with Gasteiger partial charge in [0.1, 0.15) is 0 Å². The van der Waals surface area contributed by atoms with Crippen molar-refractivity contribution in [3.63, 3.8) is 0 Å². The number of hydrogen-bond acceptors (Lipinski definition) is 3. The predicted molar refractivity (Wildman–Crippen MR) is 97.5 cm³/mol. The molecule has 1 aliphatic heterocycles. The molecule has 0 saturated heterocycles. The van der Waals surface area contributed by atoms with Crippen LogP contribution >= 0.6 is 31.9 Å². The molecule has 23 heavy (non-hydrogen) atoms. The first-order valence-electron chi connectivity index (χ1n) is 6.64. The van der Waals surface area contributed by atoms with Crippen molar-refractivity contribution in [1.29, 1.82) is 0 Å². The summed E-state index contributed by atoms with van der Waals surface area (Å²) in [7, 11) is -3.58. The van der Waals surface area contributed by atoms with Gasteiger partial charge in [-0.2, -0.15) is 0 Å². The Morgan fingerprint density at radius 3 is 2.52 bits per heavy atom. The summed E-state index contributed by atoms with van der Waals surface area (Å²) in [5.74, 6) is -0.567. The number of anilines is 1. The average Bonchev–Trinajstić information content (AvgIpc) is 2.74. The maximum absolute atomic E-state index is 12.4. The minimum absolute atomic E-state index is 0.160. The predicted octanol–water partition coefficient (Wildman–Crippen LogP) is 4.12. The first-order valence-corrected chi connectivity index (χ1v) is 9.94. The Morgan fingerprint density at radius 2 is 1.78 bits per heavy atom. The van der Waals surface area contributed by atoms with E-state index in [1.165, 1.54) is 0 Å². The SMILES string of the molecule is O=C1Nc2ccc(Br)cc2C1=CS(=O)(=O)Cc1cccc(Br)c1. The highest BCUT2D eigenvalue weighted by atomic mass is 79.9. The molecule has 2 aromatic rings. The molecule has 1 heterocycles. The second kappa shape index (κ2) is 6.22. The number of rotatable bonds is 3. The van der Waals surface area contributed by atoms with Gasteiger partial charge in [0.25, 0.3) is 5.91 Å². The van der Waals surface area contributed by atoms with E-state index in [2.05, 4.69) is 37.2 Å². The van der Waals surface area contributed by atoms with Crippen molar-refractivity contribution in [3.05, 3.63) is 67.9 Å². The van der Waals surface area contributed by atoms with E-state index in [9.17, 15) is 13.2 Å². The zero-order valence-electron chi connectivity index (χ0n) is 11.7. The summed E-state index contributed by atoms with van der Waals surface area (Å²) >= 11 is 6.65.